The number of pyridine rings is 1. The van der Waals surface area contributed by atoms with Crippen LogP contribution in [0, 0.1) is 0 Å². The van der Waals surface area contributed by atoms with Gasteiger partial charge in [-0.2, -0.15) is 0 Å². The summed E-state index contributed by atoms with van der Waals surface area (Å²) >= 11 is 4.88. The molecule has 92 valence electrons. The fourth-order valence-corrected chi connectivity index (χ4v) is 2.41. The summed E-state index contributed by atoms with van der Waals surface area (Å²) in [4.78, 5) is 16.7. The molecule has 0 atom stereocenters. The molecule has 0 aliphatic heterocycles. The summed E-state index contributed by atoms with van der Waals surface area (Å²) in [5, 5.41) is 0.764. The zero-order chi connectivity index (χ0) is 13.0. The molecule has 3 nitrogen and oxygen atoms in total. The van der Waals surface area contributed by atoms with E-state index in [4.69, 9.17) is 0 Å². The van der Waals surface area contributed by atoms with Gasteiger partial charge in [0.15, 0.2) is 0 Å². The van der Waals surface area contributed by atoms with Gasteiger partial charge in [-0.25, -0.2) is 9.78 Å². The average molecular weight is 324 g/mol. The summed E-state index contributed by atoms with van der Waals surface area (Å²) in [7, 11) is 1.37. The number of aromatic nitrogens is 1. The van der Waals surface area contributed by atoms with Crippen LogP contribution in [0.25, 0.3) is 0 Å². The van der Waals surface area contributed by atoms with Gasteiger partial charge in [0.25, 0.3) is 0 Å². The monoisotopic (exact) mass is 323 g/mol. The maximum absolute atomic E-state index is 11.4. The van der Waals surface area contributed by atoms with Crippen molar-refractivity contribution < 1.29 is 9.53 Å². The molecule has 0 bridgehead atoms. The SMILES string of the molecule is COC(=O)c1ccnc(Sc2ccc(Br)cc2)c1. The summed E-state index contributed by atoms with van der Waals surface area (Å²) in [5.74, 6) is -0.352. The molecule has 18 heavy (non-hydrogen) atoms. The predicted molar refractivity (Wildman–Crippen MR) is 73.8 cm³/mol. The second kappa shape index (κ2) is 6.02. The number of hydrogen-bond donors (Lipinski definition) is 0. The van der Waals surface area contributed by atoms with Crippen LogP contribution in [-0.4, -0.2) is 18.1 Å². The van der Waals surface area contributed by atoms with E-state index in [1.807, 2.05) is 24.3 Å². The van der Waals surface area contributed by atoms with Crippen LogP contribution in [0.15, 0.2) is 57.0 Å². The fraction of sp³-hybridized carbons (Fsp3) is 0.0769. The van der Waals surface area contributed by atoms with Crippen LogP contribution in [0.4, 0.5) is 0 Å². The highest BCUT2D eigenvalue weighted by atomic mass is 79.9. The van der Waals surface area contributed by atoms with E-state index in [2.05, 4.69) is 25.7 Å². The molecule has 0 saturated carbocycles. The molecule has 0 radical (unpaired) electrons. The van der Waals surface area contributed by atoms with Crippen molar-refractivity contribution in [3.63, 3.8) is 0 Å². The largest absolute Gasteiger partial charge is 0.465 e. The van der Waals surface area contributed by atoms with Crippen molar-refractivity contribution in [2.75, 3.05) is 7.11 Å². The van der Waals surface area contributed by atoms with Gasteiger partial charge in [-0.05, 0) is 36.4 Å². The minimum Gasteiger partial charge on any atom is -0.465 e. The Kier molecular flexibility index (Phi) is 4.38. The number of rotatable bonds is 3. The summed E-state index contributed by atoms with van der Waals surface area (Å²) in [6, 6.07) is 11.3. The molecule has 1 heterocycles. The standard InChI is InChI=1S/C13H10BrNO2S/c1-17-13(16)9-6-7-15-12(8-9)18-11-4-2-10(14)3-5-11/h2-8H,1H3. The van der Waals surface area contributed by atoms with Crippen LogP contribution in [0.5, 0.6) is 0 Å². The average Bonchev–Trinajstić information content (AvgIpc) is 2.41. The van der Waals surface area contributed by atoms with E-state index in [0.29, 0.717) is 5.56 Å². The second-order valence-corrected chi connectivity index (χ2v) is 5.44. The molecule has 1 aromatic heterocycles. The third-order valence-corrected chi connectivity index (χ3v) is 3.66. The fourth-order valence-electron chi connectivity index (χ4n) is 1.33. The van der Waals surface area contributed by atoms with Gasteiger partial charge in [-0.15, -0.1) is 0 Å². The smallest absolute Gasteiger partial charge is 0.337 e. The van der Waals surface area contributed by atoms with Crippen molar-refractivity contribution in [2.24, 2.45) is 0 Å². The lowest BCUT2D eigenvalue weighted by Gasteiger charge is -2.03. The minimum atomic E-state index is -0.352. The van der Waals surface area contributed by atoms with Crippen LogP contribution in [-0.2, 0) is 4.74 Å². The van der Waals surface area contributed by atoms with E-state index in [1.165, 1.54) is 18.9 Å². The van der Waals surface area contributed by atoms with Crippen molar-refractivity contribution in [1.82, 2.24) is 4.98 Å². The van der Waals surface area contributed by atoms with Crippen molar-refractivity contribution in [3.8, 4) is 0 Å². The third-order valence-electron chi connectivity index (χ3n) is 2.19. The second-order valence-electron chi connectivity index (χ2n) is 3.43. The van der Waals surface area contributed by atoms with Crippen LogP contribution < -0.4 is 0 Å². The Morgan fingerprint density at radius 1 is 1.28 bits per heavy atom. The number of esters is 1. The highest BCUT2D eigenvalue weighted by Gasteiger charge is 2.07. The van der Waals surface area contributed by atoms with E-state index in [-0.39, 0.29) is 5.97 Å². The molecule has 0 amide bonds. The quantitative estimate of drug-likeness (QED) is 0.806. The summed E-state index contributed by atoms with van der Waals surface area (Å²) < 4.78 is 5.71. The molecule has 5 heteroatoms. The molecule has 0 aliphatic rings. The first-order valence-electron chi connectivity index (χ1n) is 5.17. The summed E-state index contributed by atoms with van der Waals surface area (Å²) in [5.41, 5.74) is 0.507. The van der Waals surface area contributed by atoms with Gasteiger partial charge in [-0.1, -0.05) is 27.7 Å². The van der Waals surface area contributed by atoms with Crippen LogP contribution in [0.3, 0.4) is 0 Å². The van der Waals surface area contributed by atoms with Crippen LogP contribution >= 0.6 is 27.7 Å². The summed E-state index contributed by atoms with van der Waals surface area (Å²) in [6.45, 7) is 0. The van der Waals surface area contributed by atoms with E-state index in [1.54, 1.807) is 18.3 Å². The Morgan fingerprint density at radius 3 is 2.67 bits per heavy atom. The zero-order valence-electron chi connectivity index (χ0n) is 9.59. The Morgan fingerprint density at radius 2 is 2.00 bits per heavy atom. The maximum Gasteiger partial charge on any atom is 0.337 e. The lowest BCUT2D eigenvalue weighted by Crippen LogP contribution is -2.01. The van der Waals surface area contributed by atoms with Crippen molar-refractivity contribution in [2.45, 2.75) is 9.92 Å². The minimum absolute atomic E-state index is 0.352. The molecule has 0 spiro atoms. The Labute approximate surface area is 118 Å². The number of carbonyl (C=O) groups excluding carboxylic acids is 1. The number of hydrogen-bond acceptors (Lipinski definition) is 4. The highest BCUT2D eigenvalue weighted by molar-refractivity contribution is 9.10. The van der Waals surface area contributed by atoms with Gasteiger partial charge in [-0.3, -0.25) is 0 Å². The number of methoxy groups -OCH3 is 1. The van der Waals surface area contributed by atoms with Gasteiger partial charge in [0.05, 0.1) is 12.7 Å². The first kappa shape index (κ1) is 13.1. The molecule has 2 rings (SSSR count). The topological polar surface area (TPSA) is 39.2 Å². The molecular formula is C13H10BrNO2S. The molecule has 0 saturated heterocycles. The summed E-state index contributed by atoms with van der Waals surface area (Å²) in [6.07, 6.45) is 1.60. The van der Waals surface area contributed by atoms with Gasteiger partial charge in [0, 0.05) is 15.6 Å². The van der Waals surface area contributed by atoms with E-state index in [0.717, 1.165) is 14.4 Å². The molecule has 0 aliphatic carbocycles. The Balaban J connectivity index is 2.19. The first-order chi connectivity index (χ1) is 8.69. The predicted octanol–water partition coefficient (Wildman–Crippen LogP) is 3.78. The Hall–Kier alpha value is -1.33. The lowest BCUT2D eigenvalue weighted by atomic mass is 10.3. The molecule has 0 fully saturated rings. The van der Waals surface area contributed by atoms with Crippen LogP contribution in [0.2, 0.25) is 0 Å². The number of ether oxygens (including phenoxy) is 1. The van der Waals surface area contributed by atoms with Crippen molar-refractivity contribution >= 4 is 33.7 Å². The number of nitrogens with zero attached hydrogens (tertiary/aromatic N) is 1. The van der Waals surface area contributed by atoms with Crippen LogP contribution in [0.1, 0.15) is 10.4 Å². The highest BCUT2D eigenvalue weighted by Crippen LogP contribution is 2.27. The Bertz CT molecular complexity index is 557. The lowest BCUT2D eigenvalue weighted by molar-refractivity contribution is 0.0600. The van der Waals surface area contributed by atoms with E-state index in [9.17, 15) is 4.79 Å². The molecule has 0 unspecified atom stereocenters. The molecule has 1 aromatic carbocycles. The molecule has 0 N–H and O–H groups in total. The van der Waals surface area contributed by atoms with Crippen molar-refractivity contribution in [3.05, 3.63) is 52.6 Å². The van der Waals surface area contributed by atoms with Gasteiger partial charge < -0.3 is 4.74 Å². The zero-order valence-corrected chi connectivity index (χ0v) is 12.0. The van der Waals surface area contributed by atoms with Gasteiger partial charge >= 0.3 is 5.97 Å². The number of carbonyl (C=O) groups is 1. The van der Waals surface area contributed by atoms with E-state index >= 15 is 0 Å². The first-order valence-corrected chi connectivity index (χ1v) is 6.78. The number of benzene rings is 1. The van der Waals surface area contributed by atoms with Gasteiger partial charge in [0.2, 0.25) is 0 Å². The van der Waals surface area contributed by atoms with Gasteiger partial charge in [0.1, 0.15) is 5.03 Å². The molecular weight excluding hydrogens is 314 g/mol. The third kappa shape index (κ3) is 3.34. The van der Waals surface area contributed by atoms with Crippen molar-refractivity contribution in [1.29, 1.82) is 0 Å². The van der Waals surface area contributed by atoms with E-state index < -0.39 is 0 Å². The number of halogens is 1. The normalized spacial score (nSPS) is 10.1. The molecule has 2 aromatic rings. The maximum atomic E-state index is 11.4.